The molecule has 1 aliphatic carbocycles. The average Bonchev–Trinajstić information content (AvgIpc) is 3.35. The van der Waals surface area contributed by atoms with Crippen LogP contribution in [0.4, 0.5) is 10.2 Å². The summed E-state index contributed by atoms with van der Waals surface area (Å²) in [5, 5.41) is 17.5. The molecule has 180 valence electrons. The van der Waals surface area contributed by atoms with Gasteiger partial charge in [0.05, 0.1) is 5.39 Å². The number of halogens is 1. The molecular formula is C24H24FN7O3. The van der Waals surface area contributed by atoms with Gasteiger partial charge in [-0.2, -0.15) is 10.1 Å². The Balaban J connectivity index is 1.14. The zero-order valence-electron chi connectivity index (χ0n) is 18.8. The molecule has 3 N–H and O–H groups in total. The van der Waals surface area contributed by atoms with Crippen molar-refractivity contribution < 1.29 is 13.7 Å². The predicted octanol–water partition coefficient (Wildman–Crippen LogP) is 2.98. The topological polar surface area (TPSA) is 139 Å². The zero-order chi connectivity index (χ0) is 24.2. The van der Waals surface area contributed by atoms with E-state index in [2.05, 4.69) is 36.0 Å². The fourth-order valence-electron chi connectivity index (χ4n) is 4.34. The van der Waals surface area contributed by atoms with Crippen molar-refractivity contribution >= 4 is 22.6 Å². The van der Waals surface area contributed by atoms with Crippen molar-refractivity contribution in [2.24, 2.45) is 0 Å². The van der Waals surface area contributed by atoms with Crippen LogP contribution in [0.1, 0.15) is 38.0 Å². The van der Waals surface area contributed by atoms with Crippen LogP contribution in [0.25, 0.3) is 22.3 Å². The largest absolute Gasteiger partial charge is 0.364 e. The number of H-pyrrole nitrogens is 1. The summed E-state index contributed by atoms with van der Waals surface area (Å²) in [6.45, 7) is 0. The van der Waals surface area contributed by atoms with Gasteiger partial charge in [0.25, 0.3) is 5.56 Å². The lowest BCUT2D eigenvalue weighted by Crippen LogP contribution is -2.42. The van der Waals surface area contributed by atoms with Crippen LogP contribution in [-0.2, 0) is 11.2 Å². The highest BCUT2D eigenvalue weighted by molar-refractivity contribution is 5.86. The number of pyridine rings is 1. The molecule has 1 aliphatic rings. The van der Waals surface area contributed by atoms with E-state index in [1.54, 1.807) is 30.5 Å². The molecule has 1 fully saturated rings. The number of carbonyl (C=O) groups is 1. The van der Waals surface area contributed by atoms with Crippen molar-refractivity contribution in [1.82, 2.24) is 30.6 Å². The molecule has 0 aliphatic heterocycles. The van der Waals surface area contributed by atoms with Crippen molar-refractivity contribution in [3.8, 4) is 11.4 Å². The number of carbonyl (C=O) groups excluding carboxylic acids is 1. The molecule has 0 spiro atoms. The molecular weight excluding hydrogens is 453 g/mol. The van der Waals surface area contributed by atoms with E-state index >= 15 is 0 Å². The normalized spacial score (nSPS) is 17.9. The Morgan fingerprint density at radius 2 is 2.00 bits per heavy atom. The standard InChI is InChI=1S/C24H24FN7O3/c25-15-8-6-14(7-9-15)22-29-20(35-32-22)11-10-19(33)27-16-3-1-4-17(13-16)28-23-21-18(5-2-12-26-21)24(34)31-30-23/h2,5-9,12,16-17H,1,3-4,10-11,13H2,(H,27,33)(H,28,30)(H,31,34). The number of benzene rings is 1. The van der Waals surface area contributed by atoms with E-state index < -0.39 is 0 Å². The lowest BCUT2D eigenvalue weighted by molar-refractivity contribution is -0.122. The van der Waals surface area contributed by atoms with Gasteiger partial charge in [-0.15, -0.1) is 0 Å². The predicted molar refractivity (Wildman–Crippen MR) is 126 cm³/mol. The molecule has 2 unspecified atom stereocenters. The molecule has 1 aromatic carbocycles. The quantitative estimate of drug-likeness (QED) is 0.369. The van der Waals surface area contributed by atoms with Crippen molar-refractivity contribution in [1.29, 1.82) is 0 Å². The summed E-state index contributed by atoms with van der Waals surface area (Å²) in [6.07, 6.45) is 5.65. The molecule has 1 amide bonds. The van der Waals surface area contributed by atoms with Gasteiger partial charge in [0.15, 0.2) is 5.82 Å². The van der Waals surface area contributed by atoms with E-state index in [-0.39, 0.29) is 35.8 Å². The zero-order valence-corrected chi connectivity index (χ0v) is 18.8. The minimum atomic E-state index is -0.339. The Bertz CT molecular complexity index is 1390. The van der Waals surface area contributed by atoms with Gasteiger partial charge in [0, 0.05) is 36.7 Å². The fourth-order valence-corrected chi connectivity index (χ4v) is 4.34. The molecule has 0 saturated heterocycles. The van der Waals surface area contributed by atoms with Crippen LogP contribution in [0.15, 0.2) is 51.9 Å². The molecule has 11 heteroatoms. The fraction of sp³-hybridized carbons (Fsp3) is 0.333. The average molecular weight is 478 g/mol. The second-order valence-corrected chi connectivity index (χ2v) is 8.59. The molecule has 3 heterocycles. The summed E-state index contributed by atoms with van der Waals surface area (Å²) in [6, 6.07) is 9.35. The van der Waals surface area contributed by atoms with Gasteiger partial charge in [-0.3, -0.25) is 14.6 Å². The van der Waals surface area contributed by atoms with E-state index in [1.807, 2.05) is 0 Å². The second kappa shape index (κ2) is 10.00. The van der Waals surface area contributed by atoms with Gasteiger partial charge in [-0.1, -0.05) is 5.16 Å². The van der Waals surface area contributed by atoms with E-state index in [0.717, 1.165) is 25.7 Å². The SMILES string of the molecule is O=C(CCc1nc(-c2ccc(F)cc2)no1)NC1CCCC(Nc2n[nH]c(=O)c3cccnc23)C1. The summed E-state index contributed by atoms with van der Waals surface area (Å²) in [7, 11) is 0. The summed E-state index contributed by atoms with van der Waals surface area (Å²) in [5.41, 5.74) is 0.895. The highest BCUT2D eigenvalue weighted by Gasteiger charge is 2.24. The number of amides is 1. The van der Waals surface area contributed by atoms with Gasteiger partial charge in [0.1, 0.15) is 11.3 Å². The van der Waals surface area contributed by atoms with Crippen LogP contribution in [0.5, 0.6) is 0 Å². The van der Waals surface area contributed by atoms with Gasteiger partial charge >= 0.3 is 0 Å². The number of aromatic amines is 1. The Kier molecular flexibility index (Phi) is 6.47. The van der Waals surface area contributed by atoms with Gasteiger partial charge in [-0.05, 0) is 62.1 Å². The third-order valence-corrected chi connectivity index (χ3v) is 6.06. The molecule has 1 saturated carbocycles. The maximum Gasteiger partial charge on any atom is 0.273 e. The molecule has 0 radical (unpaired) electrons. The number of hydrogen-bond donors (Lipinski definition) is 3. The second-order valence-electron chi connectivity index (χ2n) is 8.59. The summed E-state index contributed by atoms with van der Waals surface area (Å²) in [4.78, 5) is 33.1. The van der Waals surface area contributed by atoms with Crippen molar-refractivity contribution in [3.05, 3.63) is 64.7 Å². The number of nitrogens with zero attached hydrogens (tertiary/aromatic N) is 4. The van der Waals surface area contributed by atoms with Crippen LogP contribution >= 0.6 is 0 Å². The van der Waals surface area contributed by atoms with Crippen LogP contribution in [0.2, 0.25) is 0 Å². The molecule has 10 nitrogen and oxygen atoms in total. The summed E-state index contributed by atoms with van der Waals surface area (Å²) < 4.78 is 18.3. The Morgan fingerprint density at radius 1 is 1.17 bits per heavy atom. The number of fused-ring (bicyclic) bond motifs is 1. The first-order chi connectivity index (χ1) is 17.0. The maximum absolute atomic E-state index is 13.1. The number of nitrogens with one attached hydrogen (secondary N) is 3. The molecule has 5 rings (SSSR count). The highest BCUT2D eigenvalue weighted by Crippen LogP contribution is 2.24. The van der Waals surface area contributed by atoms with Crippen LogP contribution in [-0.4, -0.2) is 43.3 Å². The highest BCUT2D eigenvalue weighted by atomic mass is 19.1. The first-order valence-corrected chi connectivity index (χ1v) is 11.5. The maximum atomic E-state index is 13.1. The van der Waals surface area contributed by atoms with Crippen LogP contribution < -0.4 is 16.2 Å². The monoisotopic (exact) mass is 477 g/mol. The number of anilines is 1. The van der Waals surface area contributed by atoms with E-state index in [1.165, 1.54) is 12.1 Å². The van der Waals surface area contributed by atoms with Crippen molar-refractivity contribution in [2.45, 2.75) is 50.6 Å². The van der Waals surface area contributed by atoms with Crippen LogP contribution in [0, 0.1) is 5.82 Å². The molecule has 0 bridgehead atoms. The van der Waals surface area contributed by atoms with Gasteiger partial charge < -0.3 is 15.2 Å². The van der Waals surface area contributed by atoms with Gasteiger partial charge in [0.2, 0.25) is 17.6 Å². The number of hydrogen-bond acceptors (Lipinski definition) is 8. The first-order valence-electron chi connectivity index (χ1n) is 11.5. The Labute approximate surface area is 199 Å². The van der Waals surface area contributed by atoms with Crippen molar-refractivity contribution in [2.75, 3.05) is 5.32 Å². The van der Waals surface area contributed by atoms with Crippen molar-refractivity contribution in [3.63, 3.8) is 0 Å². The summed E-state index contributed by atoms with van der Waals surface area (Å²) >= 11 is 0. The minimum absolute atomic E-state index is 0.0215. The third-order valence-electron chi connectivity index (χ3n) is 6.06. The van der Waals surface area contributed by atoms with Crippen LogP contribution in [0.3, 0.4) is 0 Å². The van der Waals surface area contributed by atoms with Gasteiger partial charge in [-0.25, -0.2) is 9.49 Å². The molecule has 2 atom stereocenters. The van der Waals surface area contributed by atoms with E-state index in [4.69, 9.17) is 4.52 Å². The summed E-state index contributed by atoms with van der Waals surface area (Å²) in [5.74, 6) is 0.817. The minimum Gasteiger partial charge on any atom is -0.364 e. The number of aromatic nitrogens is 5. The first kappa shape index (κ1) is 22.6. The molecule has 3 aromatic heterocycles. The number of rotatable bonds is 7. The lowest BCUT2D eigenvalue weighted by atomic mass is 9.90. The number of aryl methyl sites for hydroxylation is 1. The van der Waals surface area contributed by atoms with E-state index in [9.17, 15) is 14.0 Å². The molecule has 35 heavy (non-hydrogen) atoms. The Hall–Kier alpha value is -4.15. The third kappa shape index (κ3) is 5.34. The van der Waals surface area contributed by atoms with E-state index in [0.29, 0.717) is 40.4 Å². The lowest BCUT2D eigenvalue weighted by Gasteiger charge is -2.30. The molecule has 4 aromatic rings. The smallest absolute Gasteiger partial charge is 0.273 e. The Morgan fingerprint density at radius 3 is 2.86 bits per heavy atom.